The SMILES string of the molecule is N#Cc1ccc(NC(=O)NC[C@@H](O)COCC2CC2)cc1. The van der Waals surface area contributed by atoms with Crippen molar-refractivity contribution >= 4 is 11.7 Å². The lowest BCUT2D eigenvalue weighted by molar-refractivity contribution is 0.0339. The molecule has 0 spiro atoms. The van der Waals surface area contributed by atoms with Gasteiger partial charge in [-0.25, -0.2) is 4.79 Å². The number of anilines is 1. The standard InChI is InChI=1S/C15H19N3O3/c16-7-11-3-5-13(6-4-11)18-15(20)17-8-14(19)10-21-9-12-1-2-12/h3-6,12,14,19H,1-2,8-10H2,(H2,17,18,20)/t14-/m1/s1. The van der Waals surface area contributed by atoms with Gasteiger partial charge in [-0.05, 0) is 43.0 Å². The van der Waals surface area contributed by atoms with E-state index < -0.39 is 12.1 Å². The summed E-state index contributed by atoms with van der Waals surface area (Å²) < 4.78 is 5.34. The fourth-order valence-electron chi connectivity index (χ4n) is 1.73. The molecule has 0 bridgehead atoms. The molecular formula is C15H19N3O3. The van der Waals surface area contributed by atoms with E-state index in [0.29, 0.717) is 23.8 Å². The first-order valence-electron chi connectivity index (χ1n) is 6.98. The number of nitrogens with zero attached hydrogens (tertiary/aromatic N) is 1. The Balaban J connectivity index is 1.62. The molecule has 0 saturated heterocycles. The summed E-state index contributed by atoms with van der Waals surface area (Å²) in [4.78, 5) is 11.6. The number of amides is 2. The number of hydrogen-bond acceptors (Lipinski definition) is 4. The minimum Gasteiger partial charge on any atom is -0.389 e. The molecule has 1 aliphatic carbocycles. The Morgan fingerprint density at radius 1 is 1.43 bits per heavy atom. The van der Waals surface area contributed by atoms with E-state index in [1.807, 2.05) is 6.07 Å². The Morgan fingerprint density at radius 3 is 2.76 bits per heavy atom. The van der Waals surface area contributed by atoms with Crippen LogP contribution in [0.2, 0.25) is 0 Å². The molecule has 6 heteroatoms. The van der Waals surface area contributed by atoms with E-state index in [9.17, 15) is 9.90 Å². The van der Waals surface area contributed by atoms with E-state index in [1.54, 1.807) is 24.3 Å². The normalized spacial score (nSPS) is 15.0. The summed E-state index contributed by atoms with van der Waals surface area (Å²) in [5.41, 5.74) is 1.12. The number of benzene rings is 1. The maximum absolute atomic E-state index is 11.6. The van der Waals surface area contributed by atoms with E-state index >= 15 is 0 Å². The second-order valence-electron chi connectivity index (χ2n) is 5.16. The summed E-state index contributed by atoms with van der Waals surface area (Å²) in [6, 6.07) is 8.14. The molecule has 0 unspecified atom stereocenters. The Bertz CT molecular complexity index is 506. The number of hydrogen-bond donors (Lipinski definition) is 3. The van der Waals surface area contributed by atoms with E-state index in [0.717, 1.165) is 0 Å². The van der Waals surface area contributed by atoms with Crippen molar-refractivity contribution in [2.45, 2.75) is 18.9 Å². The fraction of sp³-hybridized carbons (Fsp3) is 0.467. The molecule has 0 aliphatic heterocycles. The Kier molecular flexibility index (Phi) is 5.55. The quantitative estimate of drug-likeness (QED) is 0.708. The van der Waals surface area contributed by atoms with Gasteiger partial charge in [0.15, 0.2) is 0 Å². The average Bonchev–Trinajstić information content (AvgIpc) is 3.30. The van der Waals surface area contributed by atoms with Crippen LogP contribution in [0.5, 0.6) is 0 Å². The van der Waals surface area contributed by atoms with Crippen LogP contribution in [0, 0.1) is 17.2 Å². The van der Waals surface area contributed by atoms with Crippen LogP contribution in [0.25, 0.3) is 0 Å². The second kappa shape index (κ2) is 7.62. The van der Waals surface area contributed by atoms with Crippen molar-refractivity contribution < 1.29 is 14.6 Å². The van der Waals surface area contributed by atoms with Gasteiger partial charge in [-0.1, -0.05) is 0 Å². The average molecular weight is 289 g/mol. The van der Waals surface area contributed by atoms with Crippen molar-refractivity contribution in [2.75, 3.05) is 25.1 Å². The molecule has 2 rings (SSSR count). The van der Waals surface area contributed by atoms with Crippen LogP contribution in [-0.2, 0) is 4.74 Å². The smallest absolute Gasteiger partial charge is 0.319 e. The van der Waals surface area contributed by atoms with Crippen molar-refractivity contribution in [3.05, 3.63) is 29.8 Å². The van der Waals surface area contributed by atoms with Crippen molar-refractivity contribution in [3.63, 3.8) is 0 Å². The molecule has 1 saturated carbocycles. The number of ether oxygens (including phenoxy) is 1. The Hall–Kier alpha value is -2.10. The lowest BCUT2D eigenvalue weighted by atomic mass is 10.2. The van der Waals surface area contributed by atoms with E-state index in [-0.39, 0.29) is 13.2 Å². The monoisotopic (exact) mass is 289 g/mol. The van der Waals surface area contributed by atoms with Crippen molar-refractivity contribution in [1.82, 2.24) is 5.32 Å². The molecule has 2 amide bonds. The first-order valence-corrected chi connectivity index (χ1v) is 6.98. The van der Waals surface area contributed by atoms with Crippen LogP contribution in [0.15, 0.2) is 24.3 Å². The van der Waals surface area contributed by atoms with Crippen LogP contribution < -0.4 is 10.6 Å². The zero-order chi connectivity index (χ0) is 15.1. The van der Waals surface area contributed by atoms with Gasteiger partial charge in [0.2, 0.25) is 0 Å². The minimum atomic E-state index is -0.713. The topological polar surface area (TPSA) is 94.4 Å². The highest BCUT2D eigenvalue weighted by atomic mass is 16.5. The van der Waals surface area contributed by atoms with Gasteiger partial charge >= 0.3 is 6.03 Å². The highest BCUT2D eigenvalue weighted by molar-refractivity contribution is 5.89. The first kappa shape index (κ1) is 15.3. The fourth-order valence-corrected chi connectivity index (χ4v) is 1.73. The molecule has 1 aromatic carbocycles. The number of nitriles is 1. The summed E-state index contributed by atoms with van der Waals surface area (Å²) in [5, 5.41) is 23.5. The zero-order valence-corrected chi connectivity index (χ0v) is 11.7. The van der Waals surface area contributed by atoms with Gasteiger partial charge in [0.05, 0.1) is 24.3 Å². The number of urea groups is 1. The maximum atomic E-state index is 11.6. The molecule has 1 fully saturated rings. The van der Waals surface area contributed by atoms with Gasteiger partial charge in [-0.15, -0.1) is 0 Å². The summed E-state index contributed by atoms with van der Waals surface area (Å²) in [7, 11) is 0. The molecular weight excluding hydrogens is 270 g/mol. The predicted octanol–water partition coefficient (Wildman–Crippen LogP) is 1.47. The van der Waals surface area contributed by atoms with Crippen LogP contribution in [0.3, 0.4) is 0 Å². The van der Waals surface area contributed by atoms with Crippen molar-refractivity contribution in [1.29, 1.82) is 5.26 Å². The molecule has 0 aromatic heterocycles. The molecule has 112 valence electrons. The van der Waals surface area contributed by atoms with Gasteiger partial charge in [-0.2, -0.15) is 5.26 Å². The van der Waals surface area contributed by atoms with Gasteiger partial charge in [0.1, 0.15) is 0 Å². The summed E-state index contributed by atoms with van der Waals surface area (Å²) in [6.07, 6.45) is 1.71. The molecule has 0 heterocycles. The van der Waals surface area contributed by atoms with Crippen molar-refractivity contribution in [2.24, 2.45) is 5.92 Å². The van der Waals surface area contributed by atoms with Gasteiger partial charge in [-0.3, -0.25) is 0 Å². The molecule has 3 N–H and O–H groups in total. The number of nitrogens with one attached hydrogen (secondary N) is 2. The van der Waals surface area contributed by atoms with E-state index in [2.05, 4.69) is 10.6 Å². The lowest BCUT2D eigenvalue weighted by Gasteiger charge is -2.13. The molecule has 21 heavy (non-hydrogen) atoms. The van der Waals surface area contributed by atoms with Crippen LogP contribution in [-0.4, -0.2) is 37.0 Å². The van der Waals surface area contributed by atoms with Gasteiger partial charge in [0.25, 0.3) is 0 Å². The summed E-state index contributed by atoms with van der Waals surface area (Å²) >= 11 is 0. The third-order valence-electron chi connectivity index (χ3n) is 3.13. The molecule has 1 aliphatic rings. The lowest BCUT2D eigenvalue weighted by Crippen LogP contribution is -2.37. The van der Waals surface area contributed by atoms with Gasteiger partial charge < -0.3 is 20.5 Å². The molecule has 1 aromatic rings. The molecule has 1 atom stereocenters. The number of aliphatic hydroxyl groups is 1. The molecule has 6 nitrogen and oxygen atoms in total. The first-order chi connectivity index (χ1) is 10.2. The Labute approximate surface area is 123 Å². The third-order valence-corrected chi connectivity index (χ3v) is 3.13. The summed E-state index contributed by atoms with van der Waals surface area (Å²) in [6.45, 7) is 1.05. The highest BCUT2D eigenvalue weighted by Gasteiger charge is 2.21. The zero-order valence-electron chi connectivity index (χ0n) is 11.7. The maximum Gasteiger partial charge on any atom is 0.319 e. The number of rotatable bonds is 7. The van der Waals surface area contributed by atoms with Crippen molar-refractivity contribution in [3.8, 4) is 6.07 Å². The van der Waals surface area contributed by atoms with Gasteiger partial charge in [0, 0.05) is 18.8 Å². The second-order valence-corrected chi connectivity index (χ2v) is 5.16. The Morgan fingerprint density at radius 2 is 2.14 bits per heavy atom. The van der Waals surface area contributed by atoms with Crippen LogP contribution in [0.1, 0.15) is 18.4 Å². The summed E-state index contributed by atoms with van der Waals surface area (Å²) in [5.74, 6) is 0.657. The molecule has 0 radical (unpaired) electrons. The van der Waals surface area contributed by atoms with E-state index in [1.165, 1.54) is 12.8 Å². The number of aliphatic hydroxyl groups excluding tert-OH is 1. The third kappa shape index (κ3) is 5.81. The number of carbonyl (C=O) groups excluding carboxylic acids is 1. The number of carbonyl (C=O) groups is 1. The van der Waals surface area contributed by atoms with Crippen LogP contribution in [0.4, 0.5) is 10.5 Å². The minimum absolute atomic E-state index is 0.132. The van der Waals surface area contributed by atoms with E-state index in [4.69, 9.17) is 10.00 Å². The highest BCUT2D eigenvalue weighted by Crippen LogP contribution is 2.28. The van der Waals surface area contributed by atoms with Crippen LogP contribution >= 0.6 is 0 Å². The largest absolute Gasteiger partial charge is 0.389 e. The predicted molar refractivity (Wildman–Crippen MR) is 77.7 cm³/mol.